The first kappa shape index (κ1) is 12.6. The van der Waals surface area contributed by atoms with Crippen molar-refractivity contribution < 1.29 is 0 Å². The van der Waals surface area contributed by atoms with E-state index in [0.29, 0.717) is 0 Å². The molecule has 0 saturated heterocycles. The Hall–Kier alpha value is -1.44. The third-order valence-electron chi connectivity index (χ3n) is 1.41. The lowest BCUT2D eigenvalue weighted by atomic mass is 10.3. The molecule has 0 aromatic carbocycles. The topological polar surface area (TPSA) is 25.8 Å². The Morgan fingerprint density at radius 1 is 0.929 bits per heavy atom. The van der Waals surface area contributed by atoms with E-state index in [1.807, 2.05) is 45.9 Å². The maximum absolute atomic E-state index is 4.12. The van der Waals surface area contributed by atoms with Gasteiger partial charge in [0, 0.05) is 17.8 Å². The molecule has 0 atom stereocenters. The lowest BCUT2D eigenvalue weighted by molar-refractivity contribution is 1.31. The molecule has 0 aliphatic carbocycles. The summed E-state index contributed by atoms with van der Waals surface area (Å²) in [6, 6.07) is 5.88. The van der Waals surface area contributed by atoms with Gasteiger partial charge in [-0.2, -0.15) is 0 Å². The van der Waals surface area contributed by atoms with Gasteiger partial charge in [-0.05, 0) is 12.1 Å². The Morgan fingerprint density at radius 3 is 2.29 bits per heavy atom. The summed E-state index contributed by atoms with van der Waals surface area (Å²) in [6.07, 6.45) is 5.30. The fraction of sp³-hybridized carbons (Fsp3) is 0.333. The first-order valence-corrected chi connectivity index (χ1v) is 5.11. The Labute approximate surface area is 86.0 Å². The van der Waals surface area contributed by atoms with Crippen LogP contribution in [0.1, 0.15) is 27.7 Å². The van der Waals surface area contributed by atoms with Crippen molar-refractivity contribution in [3.05, 3.63) is 36.8 Å². The van der Waals surface area contributed by atoms with Crippen LogP contribution in [0.25, 0.3) is 10.9 Å². The number of nitrogens with zero attached hydrogens (tertiary/aromatic N) is 2. The molecule has 2 heteroatoms. The Kier molecular flexibility index (Phi) is 7.33. The lowest BCUT2D eigenvalue weighted by Crippen LogP contribution is -1.76. The summed E-state index contributed by atoms with van der Waals surface area (Å²) in [5.41, 5.74) is 0.949. The van der Waals surface area contributed by atoms with Crippen LogP contribution in [0.2, 0.25) is 0 Å². The van der Waals surface area contributed by atoms with E-state index in [9.17, 15) is 0 Å². The summed E-state index contributed by atoms with van der Waals surface area (Å²) in [6.45, 7) is 8.00. The van der Waals surface area contributed by atoms with Crippen molar-refractivity contribution in [1.82, 2.24) is 9.97 Å². The second-order valence-electron chi connectivity index (χ2n) is 2.07. The molecule has 2 nitrogen and oxygen atoms in total. The van der Waals surface area contributed by atoms with Gasteiger partial charge in [0.05, 0.1) is 11.7 Å². The Bertz CT molecular complexity index is 279. The maximum Gasteiger partial charge on any atom is 0.0885 e. The van der Waals surface area contributed by atoms with Crippen LogP contribution < -0.4 is 0 Å². The van der Waals surface area contributed by atoms with E-state index in [-0.39, 0.29) is 0 Å². The molecule has 2 heterocycles. The third-order valence-corrected chi connectivity index (χ3v) is 1.41. The van der Waals surface area contributed by atoms with Crippen LogP contribution in [0.3, 0.4) is 0 Å². The number of fused-ring (bicyclic) bond motifs is 1. The highest BCUT2D eigenvalue weighted by Crippen LogP contribution is 2.05. The van der Waals surface area contributed by atoms with Gasteiger partial charge in [-0.15, -0.1) is 0 Å². The van der Waals surface area contributed by atoms with Crippen molar-refractivity contribution in [3.63, 3.8) is 0 Å². The smallest absolute Gasteiger partial charge is 0.0885 e. The van der Waals surface area contributed by atoms with Gasteiger partial charge in [-0.3, -0.25) is 9.97 Å². The molecule has 0 unspecified atom stereocenters. The van der Waals surface area contributed by atoms with Crippen LogP contribution in [0, 0.1) is 0 Å². The molecule has 0 N–H and O–H groups in total. The molecule has 2 aromatic heterocycles. The van der Waals surface area contributed by atoms with E-state index in [1.165, 1.54) is 0 Å². The molecule has 0 spiro atoms. The van der Waals surface area contributed by atoms with Crippen molar-refractivity contribution >= 4 is 10.9 Å². The van der Waals surface area contributed by atoms with E-state index in [0.717, 1.165) is 10.9 Å². The fourth-order valence-electron chi connectivity index (χ4n) is 0.916. The highest BCUT2D eigenvalue weighted by atomic mass is 14.7. The zero-order chi connectivity index (χ0) is 10.8. The van der Waals surface area contributed by atoms with Crippen molar-refractivity contribution in [3.8, 4) is 0 Å². The van der Waals surface area contributed by atoms with E-state index in [2.05, 4.69) is 9.97 Å². The van der Waals surface area contributed by atoms with E-state index >= 15 is 0 Å². The first-order valence-electron chi connectivity index (χ1n) is 5.11. The molecule has 0 saturated carbocycles. The highest BCUT2D eigenvalue weighted by Gasteiger charge is 1.87. The van der Waals surface area contributed by atoms with Crippen molar-refractivity contribution in [2.75, 3.05) is 0 Å². The molecule has 0 aliphatic heterocycles. The summed E-state index contributed by atoms with van der Waals surface area (Å²) < 4.78 is 0. The normalized spacial score (nSPS) is 8.00. The molecule has 14 heavy (non-hydrogen) atoms. The molecule has 0 fully saturated rings. The summed E-state index contributed by atoms with van der Waals surface area (Å²) in [4.78, 5) is 8.07. The van der Waals surface area contributed by atoms with Crippen LogP contribution in [0.5, 0.6) is 0 Å². The van der Waals surface area contributed by atoms with Gasteiger partial charge in [0.25, 0.3) is 0 Å². The van der Waals surface area contributed by atoms with Crippen LogP contribution >= 0.6 is 0 Å². The van der Waals surface area contributed by atoms with Gasteiger partial charge in [-0.1, -0.05) is 33.8 Å². The number of hydrogen-bond donors (Lipinski definition) is 0. The molecule has 0 bridgehead atoms. The number of pyridine rings is 2. The highest BCUT2D eigenvalue weighted by molar-refractivity contribution is 5.76. The summed E-state index contributed by atoms with van der Waals surface area (Å²) in [7, 11) is 0. The van der Waals surface area contributed by atoms with Crippen LogP contribution in [-0.4, -0.2) is 9.97 Å². The zero-order valence-electron chi connectivity index (χ0n) is 9.36. The van der Waals surface area contributed by atoms with Crippen LogP contribution in [-0.2, 0) is 0 Å². The molecule has 2 rings (SSSR count). The number of hydrogen-bond acceptors (Lipinski definition) is 2. The number of rotatable bonds is 0. The van der Waals surface area contributed by atoms with Gasteiger partial charge in [-0.25, -0.2) is 0 Å². The summed E-state index contributed by atoms with van der Waals surface area (Å²) in [5.74, 6) is 0. The van der Waals surface area contributed by atoms with Crippen LogP contribution in [0.15, 0.2) is 36.8 Å². The first-order chi connectivity index (χ1) is 6.97. The number of aromatic nitrogens is 2. The zero-order valence-corrected chi connectivity index (χ0v) is 9.36. The fourth-order valence-corrected chi connectivity index (χ4v) is 0.916. The second kappa shape index (κ2) is 8.17. The SMILES string of the molecule is CC.CC.c1cnc2cnccc2c1. The molecule has 0 radical (unpaired) electrons. The average Bonchev–Trinajstić information content (AvgIpc) is 2.34. The molecule has 2 aromatic rings. The largest absolute Gasteiger partial charge is 0.262 e. The Morgan fingerprint density at radius 2 is 1.64 bits per heavy atom. The average molecular weight is 190 g/mol. The van der Waals surface area contributed by atoms with Gasteiger partial charge >= 0.3 is 0 Å². The van der Waals surface area contributed by atoms with Crippen molar-refractivity contribution in [2.24, 2.45) is 0 Å². The molecule has 0 aliphatic rings. The molecule has 0 amide bonds. The molecular formula is C12H18N2. The van der Waals surface area contributed by atoms with Gasteiger partial charge in [0.15, 0.2) is 0 Å². The minimum Gasteiger partial charge on any atom is -0.262 e. The second-order valence-corrected chi connectivity index (χ2v) is 2.07. The van der Waals surface area contributed by atoms with Crippen molar-refractivity contribution in [2.45, 2.75) is 27.7 Å². The van der Waals surface area contributed by atoms with Gasteiger partial charge < -0.3 is 0 Å². The van der Waals surface area contributed by atoms with E-state index in [1.54, 1.807) is 18.6 Å². The molecule has 76 valence electrons. The minimum atomic E-state index is 0.949. The van der Waals surface area contributed by atoms with E-state index < -0.39 is 0 Å². The van der Waals surface area contributed by atoms with Crippen molar-refractivity contribution in [1.29, 1.82) is 0 Å². The summed E-state index contributed by atoms with van der Waals surface area (Å²) >= 11 is 0. The predicted octanol–water partition coefficient (Wildman–Crippen LogP) is 3.68. The quantitative estimate of drug-likeness (QED) is 0.633. The van der Waals surface area contributed by atoms with Gasteiger partial charge in [0.2, 0.25) is 0 Å². The summed E-state index contributed by atoms with van der Waals surface area (Å²) in [5, 5.41) is 1.14. The standard InChI is InChI=1S/C8H6N2.2C2H6/c1-2-7-3-5-9-6-8(7)10-4-1;2*1-2/h1-6H;2*1-2H3. The van der Waals surface area contributed by atoms with Crippen LogP contribution in [0.4, 0.5) is 0 Å². The monoisotopic (exact) mass is 190 g/mol. The predicted molar refractivity (Wildman–Crippen MR) is 62.2 cm³/mol. The van der Waals surface area contributed by atoms with E-state index in [4.69, 9.17) is 0 Å². The minimum absolute atomic E-state index is 0.949. The van der Waals surface area contributed by atoms with Gasteiger partial charge in [0.1, 0.15) is 0 Å². The third kappa shape index (κ3) is 3.52. The Balaban J connectivity index is 0.000000379. The lowest BCUT2D eigenvalue weighted by Gasteiger charge is -1.90. The maximum atomic E-state index is 4.12. The molecular weight excluding hydrogens is 172 g/mol.